The molecule has 0 aromatic carbocycles. The molecule has 0 aliphatic carbocycles. The molecule has 0 aromatic heterocycles. The Hall–Kier alpha value is -1.78. The van der Waals surface area contributed by atoms with E-state index < -0.39 is 45.5 Å². The first-order valence-electron chi connectivity index (χ1n) is 5.49. The van der Waals surface area contributed by atoms with Crippen molar-refractivity contribution < 1.29 is 40.1 Å². The van der Waals surface area contributed by atoms with E-state index in [1.165, 1.54) is 20.8 Å². The maximum atomic E-state index is 12.1. The maximum Gasteiger partial charge on any atom is 0.534 e. The van der Waals surface area contributed by atoms with E-state index in [1.807, 2.05) is 0 Å². The van der Waals surface area contributed by atoms with Crippen LogP contribution in [0.5, 0.6) is 0 Å². The van der Waals surface area contributed by atoms with Gasteiger partial charge in [0.1, 0.15) is 11.4 Å². The third-order valence-corrected chi connectivity index (χ3v) is 2.98. The summed E-state index contributed by atoms with van der Waals surface area (Å²) in [7, 11) is -5.89. The SMILES string of the molecule is CC(C)(C)OC(=O)N1CC(OS(=O)(=O)C(F)(F)F)=CC1=O. The minimum absolute atomic E-state index is 0.423. The van der Waals surface area contributed by atoms with E-state index in [0.29, 0.717) is 11.0 Å². The number of alkyl halides is 3. The molecule has 0 N–H and O–H groups in total. The molecule has 1 heterocycles. The van der Waals surface area contributed by atoms with Gasteiger partial charge in [0, 0.05) is 6.08 Å². The fourth-order valence-corrected chi connectivity index (χ4v) is 1.68. The Morgan fingerprint density at radius 1 is 1.29 bits per heavy atom. The van der Waals surface area contributed by atoms with Crippen LogP contribution in [-0.2, 0) is 23.8 Å². The molecule has 0 atom stereocenters. The zero-order valence-corrected chi connectivity index (χ0v) is 12.0. The van der Waals surface area contributed by atoms with Gasteiger partial charge in [-0.25, -0.2) is 9.69 Å². The van der Waals surface area contributed by atoms with Crippen LogP contribution < -0.4 is 0 Å². The van der Waals surface area contributed by atoms with Crippen LogP contribution >= 0.6 is 0 Å². The number of ether oxygens (including phenoxy) is 1. The van der Waals surface area contributed by atoms with E-state index in [-0.39, 0.29) is 0 Å². The van der Waals surface area contributed by atoms with Gasteiger partial charge in [0.15, 0.2) is 0 Å². The molecule has 0 aromatic rings. The van der Waals surface area contributed by atoms with Crippen molar-refractivity contribution >= 4 is 22.1 Å². The quantitative estimate of drug-likeness (QED) is 0.563. The molecule has 0 fully saturated rings. The second-order valence-electron chi connectivity index (χ2n) is 5.00. The highest BCUT2D eigenvalue weighted by atomic mass is 32.2. The lowest BCUT2D eigenvalue weighted by atomic mass is 10.2. The van der Waals surface area contributed by atoms with E-state index in [0.717, 1.165) is 0 Å². The molecule has 2 amide bonds. The number of halogens is 3. The van der Waals surface area contributed by atoms with Gasteiger partial charge in [0.05, 0.1) is 6.54 Å². The average molecular weight is 331 g/mol. The predicted octanol–water partition coefficient (Wildman–Crippen LogP) is 1.51. The van der Waals surface area contributed by atoms with Gasteiger partial charge < -0.3 is 8.92 Å². The Bertz CT molecular complexity index is 587. The summed E-state index contributed by atoms with van der Waals surface area (Å²) in [6.07, 6.45) is -0.639. The van der Waals surface area contributed by atoms with E-state index in [4.69, 9.17) is 4.74 Å². The Morgan fingerprint density at radius 2 is 1.81 bits per heavy atom. The van der Waals surface area contributed by atoms with Crippen molar-refractivity contribution in [3.63, 3.8) is 0 Å². The lowest BCUT2D eigenvalue weighted by molar-refractivity contribution is -0.123. The molecule has 1 rings (SSSR count). The molecule has 1 aliphatic rings. The van der Waals surface area contributed by atoms with Crippen molar-refractivity contribution in [3.8, 4) is 0 Å². The van der Waals surface area contributed by atoms with Gasteiger partial charge in [0.2, 0.25) is 0 Å². The fraction of sp³-hybridized carbons (Fsp3) is 0.600. The summed E-state index contributed by atoms with van der Waals surface area (Å²) < 4.78 is 66.6. The second-order valence-corrected chi connectivity index (χ2v) is 6.54. The van der Waals surface area contributed by atoms with Gasteiger partial charge in [-0.2, -0.15) is 21.6 Å². The van der Waals surface area contributed by atoms with Crippen molar-refractivity contribution in [2.24, 2.45) is 0 Å². The first-order valence-corrected chi connectivity index (χ1v) is 6.89. The molecule has 7 nitrogen and oxygen atoms in total. The highest BCUT2D eigenvalue weighted by Crippen LogP contribution is 2.28. The number of hydrogen-bond acceptors (Lipinski definition) is 6. The van der Waals surface area contributed by atoms with E-state index in [2.05, 4.69) is 4.18 Å². The van der Waals surface area contributed by atoms with E-state index >= 15 is 0 Å². The topological polar surface area (TPSA) is 90.0 Å². The highest BCUT2D eigenvalue weighted by molar-refractivity contribution is 7.87. The molecule has 1 aliphatic heterocycles. The smallest absolute Gasteiger partial charge is 0.443 e. The number of amides is 2. The molecule has 11 heteroatoms. The molecule has 0 saturated carbocycles. The maximum absolute atomic E-state index is 12.1. The first-order chi connectivity index (χ1) is 9.23. The van der Waals surface area contributed by atoms with Crippen LogP contribution in [0.1, 0.15) is 20.8 Å². The summed E-state index contributed by atoms with van der Waals surface area (Å²) in [4.78, 5) is 23.5. The van der Waals surface area contributed by atoms with Crippen molar-refractivity contribution in [3.05, 3.63) is 11.8 Å². The fourth-order valence-electron chi connectivity index (χ4n) is 1.21. The van der Waals surface area contributed by atoms with Crippen molar-refractivity contribution in [2.45, 2.75) is 31.9 Å². The predicted molar refractivity (Wildman–Crippen MR) is 62.1 cm³/mol. The van der Waals surface area contributed by atoms with Crippen molar-refractivity contribution in [1.29, 1.82) is 0 Å². The number of hydrogen-bond donors (Lipinski definition) is 0. The van der Waals surface area contributed by atoms with Crippen LogP contribution in [-0.4, -0.2) is 43.0 Å². The molecule has 0 radical (unpaired) electrons. The summed E-state index contributed by atoms with van der Waals surface area (Å²) in [5.74, 6) is -1.85. The van der Waals surface area contributed by atoms with Crippen molar-refractivity contribution in [2.75, 3.05) is 6.54 Å². The van der Waals surface area contributed by atoms with Crippen LogP contribution in [0.15, 0.2) is 11.8 Å². The van der Waals surface area contributed by atoms with Crippen LogP contribution in [0, 0.1) is 0 Å². The molecular weight excluding hydrogens is 319 g/mol. The Labute approximate surface area is 118 Å². The number of carbonyl (C=O) groups excluding carboxylic acids is 2. The third kappa shape index (κ3) is 4.34. The van der Waals surface area contributed by atoms with Crippen LogP contribution in [0.3, 0.4) is 0 Å². The number of carbonyl (C=O) groups is 2. The van der Waals surface area contributed by atoms with Crippen LogP contribution in [0.25, 0.3) is 0 Å². The Kier molecular flexibility index (Phi) is 4.28. The number of nitrogens with zero attached hydrogens (tertiary/aromatic N) is 1. The van der Waals surface area contributed by atoms with Gasteiger partial charge in [-0.1, -0.05) is 0 Å². The number of imide groups is 1. The lowest BCUT2D eigenvalue weighted by Crippen LogP contribution is -2.38. The first kappa shape index (κ1) is 17.3. The summed E-state index contributed by atoms with van der Waals surface area (Å²) in [6, 6.07) is 0. The standard InChI is InChI=1S/C10H12F3NO6S/c1-9(2,3)19-8(16)14-5-6(4-7(14)15)20-21(17,18)10(11,12)13/h4H,5H2,1-3H3. The molecular formula is C10H12F3NO6S. The zero-order chi connectivity index (χ0) is 16.6. The molecule has 0 bridgehead atoms. The average Bonchev–Trinajstić information content (AvgIpc) is 2.54. The molecule has 21 heavy (non-hydrogen) atoms. The lowest BCUT2D eigenvalue weighted by Gasteiger charge is -2.23. The van der Waals surface area contributed by atoms with E-state index in [1.54, 1.807) is 0 Å². The minimum atomic E-state index is -5.89. The Morgan fingerprint density at radius 3 is 2.24 bits per heavy atom. The van der Waals surface area contributed by atoms with Gasteiger partial charge >= 0.3 is 21.7 Å². The van der Waals surface area contributed by atoms with Gasteiger partial charge in [-0.05, 0) is 20.8 Å². The summed E-state index contributed by atoms with van der Waals surface area (Å²) in [5.41, 5.74) is -6.56. The van der Waals surface area contributed by atoms with Gasteiger partial charge in [0.25, 0.3) is 5.91 Å². The molecule has 0 unspecified atom stereocenters. The van der Waals surface area contributed by atoms with Crippen LogP contribution in [0.4, 0.5) is 18.0 Å². The largest absolute Gasteiger partial charge is 0.534 e. The van der Waals surface area contributed by atoms with Gasteiger partial charge in [-0.3, -0.25) is 4.79 Å². The molecule has 120 valence electrons. The molecule has 0 saturated heterocycles. The van der Waals surface area contributed by atoms with Gasteiger partial charge in [-0.15, -0.1) is 0 Å². The highest BCUT2D eigenvalue weighted by Gasteiger charge is 2.49. The number of rotatable bonds is 2. The van der Waals surface area contributed by atoms with Crippen LogP contribution in [0.2, 0.25) is 0 Å². The second kappa shape index (κ2) is 5.20. The van der Waals surface area contributed by atoms with E-state index in [9.17, 15) is 31.2 Å². The normalized spacial score (nSPS) is 16.8. The summed E-state index contributed by atoms with van der Waals surface area (Å²) in [5, 5.41) is 0. The third-order valence-electron chi connectivity index (χ3n) is 1.98. The minimum Gasteiger partial charge on any atom is -0.443 e. The Balaban J connectivity index is 2.80. The van der Waals surface area contributed by atoms with Crippen molar-refractivity contribution in [1.82, 2.24) is 4.90 Å². The summed E-state index contributed by atoms with van der Waals surface area (Å²) >= 11 is 0. The summed E-state index contributed by atoms with van der Waals surface area (Å²) in [6.45, 7) is 3.79. The molecule has 0 spiro atoms. The monoisotopic (exact) mass is 331 g/mol. The zero-order valence-electron chi connectivity index (χ0n) is 11.2.